The number of hydrogen-bond acceptors (Lipinski definition) is 3. The molecule has 0 bridgehead atoms. The van der Waals surface area contributed by atoms with Crippen molar-refractivity contribution >= 4 is 18.3 Å². The zero-order valence-electron chi connectivity index (χ0n) is 12.6. The van der Waals surface area contributed by atoms with Gasteiger partial charge in [0.2, 0.25) is 5.91 Å². The molecule has 0 aromatic carbocycles. The Morgan fingerprint density at radius 1 is 1.44 bits per heavy atom. The maximum atomic E-state index is 10.9. The van der Waals surface area contributed by atoms with E-state index in [9.17, 15) is 4.79 Å². The third kappa shape index (κ3) is 7.90. The van der Waals surface area contributed by atoms with Gasteiger partial charge in [-0.25, -0.2) is 0 Å². The first kappa shape index (κ1) is 20.0. The molecule has 1 saturated heterocycles. The van der Waals surface area contributed by atoms with Crippen molar-refractivity contribution < 1.29 is 9.63 Å². The van der Waals surface area contributed by atoms with Gasteiger partial charge in [-0.05, 0) is 33.6 Å². The van der Waals surface area contributed by atoms with Gasteiger partial charge < -0.3 is 4.90 Å². The Morgan fingerprint density at radius 2 is 2.00 bits per heavy atom. The molecule has 1 aliphatic heterocycles. The molecule has 1 heterocycles. The summed E-state index contributed by atoms with van der Waals surface area (Å²) in [6, 6.07) is 0.488. The van der Waals surface area contributed by atoms with Gasteiger partial charge in [0, 0.05) is 33.1 Å². The van der Waals surface area contributed by atoms with Crippen molar-refractivity contribution in [2.75, 3.05) is 20.6 Å². The van der Waals surface area contributed by atoms with Crippen molar-refractivity contribution in [3.63, 3.8) is 0 Å². The molecular weight excluding hydrogens is 252 g/mol. The molecule has 2 atom stereocenters. The first-order chi connectivity index (χ1) is 7.92. The van der Waals surface area contributed by atoms with Crippen LogP contribution in [-0.4, -0.2) is 48.7 Å². The molecule has 110 valence electrons. The van der Waals surface area contributed by atoms with E-state index in [4.69, 9.17) is 4.84 Å². The summed E-state index contributed by atoms with van der Waals surface area (Å²) in [5.41, 5.74) is 0. The predicted molar refractivity (Wildman–Crippen MR) is 77.9 cm³/mol. The third-order valence-electron chi connectivity index (χ3n) is 2.93. The lowest BCUT2D eigenvalue weighted by atomic mass is 10.2. The SMILES string of the molecule is CCC(C)ON(C)C.CCN1C(=O)CCC1C.Cl. The molecule has 1 fully saturated rings. The van der Waals surface area contributed by atoms with E-state index in [0.29, 0.717) is 18.1 Å². The van der Waals surface area contributed by atoms with Crippen LogP contribution in [0.3, 0.4) is 0 Å². The maximum Gasteiger partial charge on any atom is 0.222 e. The molecule has 0 aliphatic carbocycles. The van der Waals surface area contributed by atoms with Crippen LogP contribution in [0.2, 0.25) is 0 Å². The molecule has 4 nitrogen and oxygen atoms in total. The standard InChI is InChI=1S/C7H13NO.C6H15NO.ClH/c1-3-8-6(2)4-5-7(8)9;1-5-6(2)8-7(3)4;/h6H,3-5H2,1-2H3;6H,5H2,1-4H3;1H. The highest BCUT2D eigenvalue weighted by Gasteiger charge is 2.25. The summed E-state index contributed by atoms with van der Waals surface area (Å²) in [5.74, 6) is 0.324. The number of carbonyl (C=O) groups excluding carboxylic acids is 1. The molecule has 0 radical (unpaired) electrons. The minimum absolute atomic E-state index is 0. The van der Waals surface area contributed by atoms with Gasteiger partial charge in [-0.3, -0.25) is 9.63 Å². The molecule has 0 aromatic rings. The minimum Gasteiger partial charge on any atom is -0.340 e. The Kier molecular flexibility index (Phi) is 11.8. The highest BCUT2D eigenvalue weighted by atomic mass is 35.5. The second kappa shape index (κ2) is 10.6. The van der Waals surface area contributed by atoms with Gasteiger partial charge in [0.1, 0.15) is 0 Å². The molecule has 0 spiro atoms. The van der Waals surface area contributed by atoms with Crippen LogP contribution in [0.4, 0.5) is 0 Å². The Balaban J connectivity index is 0. The normalized spacial score (nSPS) is 20.3. The van der Waals surface area contributed by atoms with Crippen molar-refractivity contribution in [2.45, 2.75) is 59.1 Å². The summed E-state index contributed by atoms with van der Waals surface area (Å²) in [7, 11) is 3.79. The van der Waals surface area contributed by atoms with Crippen LogP contribution in [0.5, 0.6) is 0 Å². The first-order valence-electron chi connectivity index (χ1n) is 6.55. The smallest absolute Gasteiger partial charge is 0.222 e. The van der Waals surface area contributed by atoms with Crippen molar-refractivity contribution in [1.29, 1.82) is 0 Å². The Morgan fingerprint density at radius 3 is 2.17 bits per heavy atom. The molecular formula is C13H29ClN2O2. The van der Waals surface area contributed by atoms with Crippen LogP contribution in [0.15, 0.2) is 0 Å². The second-order valence-electron chi connectivity index (χ2n) is 4.70. The average Bonchev–Trinajstić information content (AvgIpc) is 2.58. The zero-order valence-corrected chi connectivity index (χ0v) is 13.4. The third-order valence-corrected chi connectivity index (χ3v) is 2.93. The van der Waals surface area contributed by atoms with Crippen LogP contribution in [0.25, 0.3) is 0 Å². The molecule has 0 saturated carbocycles. The minimum atomic E-state index is 0. The number of likely N-dealkylation sites (tertiary alicyclic amines) is 1. The Hall–Kier alpha value is -0.320. The summed E-state index contributed by atoms with van der Waals surface area (Å²) in [6.07, 6.45) is 3.23. The average molecular weight is 281 g/mol. The maximum absolute atomic E-state index is 10.9. The number of rotatable bonds is 4. The highest BCUT2D eigenvalue weighted by Crippen LogP contribution is 2.16. The fraction of sp³-hybridized carbons (Fsp3) is 0.923. The van der Waals surface area contributed by atoms with Crippen molar-refractivity contribution in [2.24, 2.45) is 0 Å². The predicted octanol–water partition coefficient (Wildman–Crippen LogP) is 2.72. The number of halogens is 1. The molecule has 1 rings (SSSR count). The molecule has 1 aliphatic rings. The zero-order chi connectivity index (χ0) is 13.4. The van der Waals surface area contributed by atoms with Crippen LogP contribution in [0.1, 0.15) is 47.0 Å². The Bertz CT molecular complexity index is 225. The fourth-order valence-corrected chi connectivity index (χ4v) is 1.80. The van der Waals surface area contributed by atoms with Gasteiger partial charge in [-0.15, -0.1) is 12.4 Å². The summed E-state index contributed by atoms with van der Waals surface area (Å²) < 4.78 is 0. The topological polar surface area (TPSA) is 32.8 Å². The van der Waals surface area contributed by atoms with Gasteiger partial charge in [0.25, 0.3) is 0 Å². The second-order valence-corrected chi connectivity index (χ2v) is 4.70. The van der Waals surface area contributed by atoms with Crippen LogP contribution in [-0.2, 0) is 9.63 Å². The highest BCUT2D eigenvalue weighted by molar-refractivity contribution is 5.85. The van der Waals surface area contributed by atoms with Crippen LogP contribution < -0.4 is 0 Å². The van der Waals surface area contributed by atoms with Crippen molar-refractivity contribution in [1.82, 2.24) is 9.96 Å². The van der Waals surface area contributed by atoms with E-state index in [0.717, 1.165) is 25.8 Å². The lowest BCUT2D eigenvalue weighted by molar-refractivity contribution is -0.158. The van der Waals surface area contributed by atoms with Gasteiger partial charge in [0.05, 0.1) is 6.10 Å². The first-order valence-corrected chi connectivity index (χ1v) is 6.55. The molecule has 2 unspecified atom stereocenters. The lowest BCUT2D eigenvalue weighted by Gasteiger charge is -2.18. The summed E-state index contributed by atoms with van der Waals surface area (Å²) >= 11 is 0. The van der Waals surface area contributed by atoms with E-state index in [2.05, 4.69) is 20.8 Å². The monoisotopic (exact) mass is 280 g/mol. The summed E-state index contributed by atoms with van der Waals surface area (Å²) in [6.45, 7) is 9.17. The van der Waals surface area contributed by atoms with Gasteiger partial charge in [-0.2, -0.15) is 5.06 Å². The van der Waals surface area contributed by atoms with E-state index < -0.39 is 0 Å². The van der Waals surface area contributed by atoms with Gasteiger partial charge in [-0.1, -0.05) is 6.92 Å². The molecule has 5 heteroatoms. The van der Waals surface area contributed by atoms with Crippen LogP contribution >= 0.6 is 12.4 Å². The molecule has 0 N–H and O–H groups in total. The van der Waals surface area contributed by atoms with Gasteiger partial charge >= 0.3 is 0 Å². The Labute approximate surface area is 118 Å². The largest absolute Gasteiger partial charge is 0.340 e. The number of hydrogen-bond donors (Lipinski definition) is 0. The van der Waals surface area contributed by atoms with Crippen molar-refractivity contribution in [3.8, 4) is 0 Å². The molecule has 1 amide bonds. The van der Waals surface area contributed by atoms with E-state index in [1.807, 2.05) is 25.9 Å². The van der Waals surface area contributed by atoms with Crippen molar-refractivity contribution in [3.05, 3.63) is 0 Å². The number of hydroxylamine groups is 2. The van der Waals surface area contributed by atoms with E-state index in [1.165, 1.54) is 0 Å². The quantitative estimate of drug-likeness (QED) is 0.743. The van der Waals surface area contributed by atoms with Gasteiger partial charge in [0.15, 0.2) is 0 Å². The van der Waals surface area contributed by atoms with E-state index >= 15 is 0 Å². The lowest BCUT2D eigenvalue weighted by Crippen LogP contribution is -2.30. The molecule has 0 aromatic heterocycles. The van der Waals surface area contributed by atoms with E-state index in [-0.39, 0.29) is 12.4 Å². The number of nitrogens with zero attached hydrogens (tertiary/aromatic N) is 2. The van der Waals surface area contributed by atoms with E-state index in [1.54, 1.807) is 5.06 Å². The number of carbonyl (C=O) groups is 1. The summed E-state index contributed by atoms with van der Waals surface area (Å²) in [4.78, 5) is 18.1. The summed E-state index contributed by atoms with van der Waals surface area (Å²) in [5, 5.41) is 1.73. The van der Waals surface area contributed by atoms with Crippen LogP contribution in [0, 0.1) is 0 Å². The fourth-order valence-electron chi connectivity index (χ4n) is 1.80. The molecule has 18 heavy (non-hydrogen) atoms. The number of amides is 1.